The fourth-order valence-corrected chi connectivity index (χ4v) is 2.63. The van der Waals surface area contributed by atoms with Crippen molar-refractivity contribution in [1.29, 1.82) is 0 Å². The smallest absolute Gasteiger partial charge is 0.110 e. The lowest BCUT2D eigenvalue weighted by molar-refractivity contribution is 0.0497. The second-order valence-corrected chi connectivity index (χ2v) is 5.82. The molecule has 0 bridgehead atoms. The molecule has 4 heteroatoms. The summed E-state index contributed by atoms with van der Waals surface area (Å²) in [7, 11) is 0. The van der Waals surface area contributed by atoms with Crippen molar-refractivity contribution in [2.24, 2.45) is 0 Å². The first-order valence-corrected chi connectivity index (χ1v) is 7.55. The highest BCUT2D eigenvalue weighted by atomic mass is 16.3. The number of hydrogen-bond acceptors (Lipinski definition) is 3. The van der Waals surface area contributed by atoms with Crippen molar-refractivity contribution in [2.45, 2.75) is 45.8 Å². The van der Waals surface area contributed by atoms with Crippen LogP contribution in [0.25, 0.3) is 5.69 Å². The maximum Gasteiger partial charge on any atom is 0.110 e. The van der Waals surface area contributed by atoms with Gasteiger partial charge in [-0.05, 0) is 32.4 Å². The molecule has 1 heterocycles. The first-order chi connectivity index (χ1) is 10.0. The molecule has 1 aromatic heterocycles. The first kappa shape index (κ1) is 15.7. The van der Waals surface area contributed by atoms with Crippen LogP contribution in [-0.4, -0.2) is 26.8 Å². The van der Waals surface area contributed by atoms with Gasteiger partial charge < -0.3 is 10.4 Å². The Hall–Kier alpha value is -1.65. The van der Waals surface area contributed by atoms with Crippen molar-refractivity contribution in [3.05, 3.63) is 48.0 Å². The maximum absolute atomic E-state index is 10.2. The van der Waals surface area contributed by atoms with E-state index in [-0.39, 0.29) is 0 Å². The van der Waals surface area contributed by atoms with Crippen LogP contribution in [0.15, 0.2) is 36.5 Å². The van der Waals surface area contributed by atoms with E-state index in [1.54, 1.807) is 0 Å². The summed E-state index contributed by atoms with van der Waals surface area (Å²) < 4.78 is 2.14. The van der Waals surface area contributed by atoms with Gasteiger partial charge in [0.2, 0.25) is 0 Å². The molecule has 0 saturated carbocycles. The number of aliphatic hydroxyl groups is 1. The Labute approximate surface area is 126 Å². The summed E-state index contributed by atoms with van der Waals surface area (Å²) in [5.74, 6) is 0.971. The largest absolute Gasteiger partial charge is 0.389 e. The van der Waals surface area contributed by atoms with Crippen molar-refractivity contribution in [3.8, 4) is 5.69 Å². The molecule has 2 N–H and O–H groups in total. The summed E-state index contributed by atoms with van der Waals surface area (Å²) in [5.41, 5.74) is 1.57. The molecular formula is C17H25N3O. The predicted molar refractivity (Wildman–Crippen MR) is 85.5 cm³/mol. The fourth-order valence-electron chi connectivity index (χ4n) is 2.63. The minimum absolute atomic E-state index is 0.583. The Kier molecular flexibility index (Phi) is 5.15. The summed E-state index contributed by atoms with van der Waals surface area (Å²) in [6.45, 7) is 7.24. The van der Waals surface area contributed by atoms with E-state index in [1.807, 2.05) is 38.2 Å². The van der Waals surface area contributed by atoms with Gasteiger partial charge in [0.05, 0.1) is 17.5 Å². The van der Waals surface area contributed by atoms with Crippen molar-refractivity contribution < 1.29 is 5.11 Å². The molecule has 2 aromatic rings. The van der Waals surface area contributed by atoms with E-state index in [9.17, 15) is 5.11 Å². The molecular weight excluding hydrogens is 262 g/mol. The molecule has 0 fully saturated rings. The molecule has 2 rings (SSSR count). The van der Waals surface area contributed by atoms with Crippen molar-refractivity contribution in [1.82, 2.24) is 14.9 Å². The SMILES string of the molecule is CCCC(C)(O)CNCc1cnc(C)n1-c1ccccc1. The Morgan fingerprint density at radius 1 is 1.29 bits per heavy atom. The van der Waals surface area contributed by atoms with E-state index < -0.39 is 5.60 Å². The molecule has 1 aromatic carbocycles. The Morgan fingerprint density at radius 2 is 2.00 bits per heavy atom. The van der Waals surface area contributed by atoms with E-state index in [2.05, 4.69) is 33.9 Å². The van der Waals surface area contributed by atoms with Gasteiger partial charge in [-0.1, -0.05) is 31.5 Å². The molecule has 21 heavy (non-hydrogen) atoms. The lowest BCUT2D eigenvalue weighted by Crippen LogP contribution is -2.37. The Morgan fingerprint density at radius 3 is 2.67 bits per heavy atom. The van der Waals surface area contributed by atoms with E-state index in [1.165, 1.54) is 0 Å². The molecule has 114 valence electrons. The van der Waals surface area contributed by atoms with Crippen LogP contribution in [0, 0.1) is 6.92 Å². The molecule has 0 aliphatic heterocycles. The normalized spacial score (nSPS) is 14.1. The van der Waals surface area contributed by atoms with Gasteiger partial charge in [0.15, 0.2) is 0 Å². The zero-order valence-corrected chi connectivity index (χ0v) is 13.1. The van der Waals surface area contributed by atoms with Crippen LogP contribution >= 0.6 is 0 Å². The molecule has 0 saturated heterocycles. The summed E-state index contributed by atoms with van der Waals surface area (Å²) in [6, 6.07) is 10.2. The zero-order chi connectivity index (χ0) is 15.3. The van der Waals surface area contributed by atoms with Gasteiger partial charge in [0.1, 0.15) is 5.82 Å². The molecule has 0 radical (unpaired) electrons. The molecule has 4 nitrogen and oxygen atoms in total. The van der Waals surface area contributed by atoms with Crippen molar-refractivity contribution >= 4 is 0 Å². The van der Waals surface area contributed by atoms with E-state index in [0.29, 0.717) is 13.1 Å². The van der Waals surface area contributed by atoms with Gasteiger partial charge in [0.25, 0.3) is 0 Å². The quantitative estimate of drug-likeness (QED) is 0.823. The highest BCUT2D eigenvalue weighted by molar-refractivity contribution is 5.35. The summed E-state index contributed by atoms with van der Waals surface area (Å²) >= 11 is 0. The van der Waals surface area contributed by atoms with Gasteiger partial charge in [-0.15, -0.1) is 0 Å². The summed E-state index contributed by atoms with van der Waals surface area (Å²) in [5, 5.41) is 13.5. The monoisotopic (exact) mass is 287 g/mol. The van der Waals surface area contributed by atoms with Gasteiger partial charge in [0, 0.05) is 18.8 Å². The van der Waals surface area contributed by atoms with Crippen LogP contribution in [0.1, 0.15) is 38.2 Å². The average Bonchev–Trinajstić information content (AvgIpc) is 2.80. The number of nitrogens with zero attached hydrogens (tertiary/aromatic N) is 2. The second kappa shape index (κ2) is 6.87. The number of aromatic nitrogens is 2. The van der Waals surface area contributed by atoms with E-state index in [4.69, 9.17) is 0 Å². The standard InChI is InChI=1S/C17H25N3O/c1-4-10-17(3,21)13-18-11-16-12-19-14(2)20(16)15-8-6-5-7-9-15/h5-9,12,18,21H,4,10-11,13H2,1-3H3. The number of nitrogens with one attached hydrogen (secondary N) is 1. The molecule has 0 aliphatic rings. The van der Waals surface area contributed by atoms with Crippen LogP contribution in [0.3, 0.4) is 0 Å². The van der Waals surface area contributed by atoms with Crippen molar-refractivity contribution in [2.75, 3.05) is 6.54 Å². The van der Waals surface area contributed by atoms with Crippen LogP contribution < -0.4 is 5.32 Å². The molecule has 1 atom stereocenters. The number of aryl methyl sites for hydroxylation is 1. The Bertz CT molecular complexity index is 561. The van der Waals surface area contributed by atoms with Crippen LogP contribution in [-0.2, 0) is 6.54 Å². The van der Waals surface area contributed by atoms with Crippen LogP contribution in [0.4, 0.5) is 0 Å². The van der Waals surface area contributed by atoms with Gasteiger partial charge in [-0.3, -0.25) is 4.57 Å². The number of imidazole rings is 1. The number of rotatable bonds is 7. The number of hydrogen-bond donors (Lipinski definition) is 2. The summed E-state index contributed by atoms with van der Waals surface area (Å²) in [6.07, 6.45) is 3.68. The molecule has 0 aliphatic carbocycles. The summed E-state index contributed by atoms with van der Waals surface area (Å²) in [4.78, 5) is 4.40. The second-order valence-electron chi connectivity index (χ2n) is 5.82. The van der Waals surface area contributed by atoms with Crippen LogP contribution in [0.5, 0.6) is 0 Å². The lowest BCUT2D eigenvalue weighted by atomic mass is 10.0. The third-order valence-electron chi connectivity index (χ3n) is 3.63. The lowest BCUT2D eigenvalue weighted by Gasteiger charge is -2.23. The van der Waals surface area contributed by atoms with Gasteiger partial charge >= 0.3 is 0 Å². The van der Waals surface area contributed by atoms with Crippen molar-refractivity contribution in [3.63, 3.8) is 0 Å². The minimum atomic E-state index is -0.651. The Balaban J connectivity index is 2.05. The highest BCUT2D eigenvalue weighted by Crippen LogP contribution is 2.15. The van der Waals surface area contributed by atoms with Gasteiger partial charge in [-0.2, -0.15) is 0 Å². The van der Waals surface area contributed by atoms with Gasteiger partial charge in [-0.25, -0.2) is 4.98 Å². The first-order valence-electron chi connectivity index (χ1n) is 7.55. The predicted octanol–water partition coefficient (Wildman–Crippen LogP) is 2.82. The van der Waals surface area contributed by atoms with Crippen LogP contribution in [0.2, 0.25) is 0 Å². The molecule has 0 spiro atoms. The van der Waals surface area contributed by atoms with E-state index >= 15 is 0 Å². The average molecular weight is 287 g/mol. The zero-order valence-electron chi connectivity index (χ0n) is 13.1. The molecule has 0 amide bonds. The van der Waals surface area contributed by atoms with E-state index in [0.717, 1.165) is 30.0 Å². The fraction of sp³-hybridized carbons (Fsp3) is 0.471. The third kappa shape index (κ3) is 4.16. The third-order valence-corrected chi connectivity index (χ3v) is 3.63. The topological polar surface area (TPSA) is 50.1 Å². The number of para-hydroxylation sites is 1. The number of benzene rings is 1. The minimum Gasteiger partial charge on any atom is -0.389 e. The highest BCUT2D eigenvalue weighted by Gasteiger charge is 2.18. The molecule has 1 unspecified atom stereocenters. The maximum atomic E-state index is 10.2.